The first-order valence-corrected chi connectivity index (χ1v) is 4.09. The van der Waals surface area contributed by atoms with Crippen LogP contribution in [-0.4, -0.2) is 11.8 Å². The predicted octanol–water partition coefficient (Wildman–Crippen LogP) is 0.724. The molecule has 0 bridgehead atoms. The van der Waals surface area contributed by atoms with Crippen LogP contribution in [0.2, 0.25) is 0 Å². The van der Waals surface area contributed by atoms with Crippen molar-refractivity contribution >= 4 is 11.8 Å². The minimum absolute atomic E-state index is 0. The third-order valence-electron chi connectivity index (χ3n) is 1.09. The summed E-state index contributed by atoms with van der Waals surface area (Å²) in [6.07, 6.45) is 2.10. The van der Waals surface area contributed by atoms with Crippen LogP contribution < -0.4 is 5.11 Å². The zero-order valence-electron chi connectivity index (χ0n) is 8.11. The molecule has 0 saturated heterocycles. The van der Waals surface area contributed by atoms with Gasteiger partial charge in [-0.05, 0) is 0 Å². The van der Waals surface area contributed by atoms with Crippen molar-refractivity contribution in [3.63, 3.8) is 0 Å². The molecule has 3 nitrogen and oxygen atoms in total. The molecule has 0 aliphatic heterocycles. The van der Waals surface area contributed by atoms with Gasteiger partial charge in [0, 0.05) is 18.8 Å². The van der Waals surface area contributed by atoms with Crippen LogP contribution in [0.25, 0.3) is 0 Å². The van der Waals surface area contributed by atoms with Gasteiger partial charge in [0.05, 0.1) is 0 Å². The molecule has 78 valence electrons. The summed E-state index contributed by atoms with van der Waals surface area (Å²) in [7, 11) is 0. The Morgan fingerprint density at radius 3 is 1.77 bits per heavy atom. The number of carbonyl (C=O) groups is 2. The van der Waals surface area contributed by atoms with E-state index in [2.05, 4.69) is 13.8 Å². The molecular formula is C9H16FeO3. The minimum atomic E-state index is -1.29. The fourth-order valence-corrected chi connectivity index (χ4v) is 0.286. The third-order valence-corrected chi connectivity index (χ3v) is 1.09. The predicted molar refractivity (Wildman–Crippen MR) is 45.2 cm³/mol. The molecule has 0 rings (SSSR count). The number of unbranched alkanes of at least 4 members (excludes halogenated alkanes) is 1. The molecule has 0 aliphatic rings. The summed E-state index contributed by atoms with van der Waals surface area (Å²) in [5.74, 6) is -1.58. The van der Waals surface area contributed by atoms with Crippen LogP contribution in [0.4, 0.5) is 0 Å². The number of carboxylic acids is 1. The third kappa shape index (κ3) is 24.5. The molecule has 0 spiro atoms. The summed E-state index contributed by atoms with van der Waals surface area (Å²) in [4.78, 5) is 19.8. The maximum absolute atomic E-state index is 10.2. The Kier molecular flexibility index (Phi) is 20.1. The fourth-order valence-electron chi connectivity index (χ4n) is 0.286. The summed E-state index contributed by atoms with van der Waals surface area (Å²) in [6.45, 7) is 7.34. The van der Waals surface area contributed by atoms with Gasteiger partial charge in [0.15, 0.2) is 0 Å². The van der Waals surface area contributed by atoms with Gasteiger partial charge in [0.25, 0.3) is 0 Å². The molecule has 0 radical (unpaired) electrons. The van der Waals surface area contributed by atoms with E-state index in [1.165, 1.54) is 6.42 Å². The van der Waals surface area contributed by atoms with Gasteiger partial charge in [-0.1, -0.05) is 20.3 Å². The molecule has 0 N–H and O–H groups in total. The van der Waals surface area contributed by atoms with Crippen molar-refractivity contribution < 1.29 is 31.8 Å². The van der Waals surface area contributed by atoms with Gasteiger partial charge >= 0.3 is 17.1 Å². The second-order valence-corrected chi connectivity index (χ2v) is 2.29. The van der Waals surface area contributed by atoms with Crippen molar-refractivity contribution in [3.05, 3.63) is 6.92 Å². The first-order valence-electron chi connectivity index (χ1n) is 4.09. The van der Waals surface area contributed by atoms with Gasteiger partial charge in [-0.25, -0.2) is 0 Å². The first-order chi connectivity index (χ1) is 5.58. The minimum Gasteiger partial charge on any atom is -0.550 e. The molecule has 0 aromatic rings. The van der Waals surface area contributed by atoms with E-state index in [1.54, 1.807) is 6.92 Å². The number of aliphatic carboxylic acids is 1. The molecule has 0 aromatic heterocycles. The Morgan fingerprint density at radius 2 is 1.69 bits per heavy atom. The van der Waals surface area contributed by atoms with Crippen molar-refractivity contribution in [2.24, 2.45) is 0 Å². The second kappa shape index (κ2) is 14.2. The number of hydrogen-bond acceptors (Lipinski definition) is 3. The van der Waals surface area contributed by atoms with Crippen molar-refractivity contribution in [2.75, 3.05) is 0 Å². The Morgan fingerprint density at radius 1 is 1.31 bits per heavy atom. The number of ketones is 1. The summed E-state index contributed by atoms with van der Waals surface area (Å²) >= 11 is 0. The molecule has 0 aliphatic carbocycles. The molecule has 0 amide bonds. The van der Waals surface area contributed by atoms with Crippen LogP contribution in [0, 0.1) is 6.92 Å². The second-order valence-electron chi connectivity index (χ2n) is 2.29. The molecular weight excluding hydrogens is 212 g/mol. The van der Waals surface area contributed by atoms with Gasteiger partial charge in [0.2, 0.25) is 0 Å². The van der Waals surface area contributed by atoms with Gasteiger partial charge < -0.3 is 16.8 Å². The smallest absolute Gasteiger partial charge is 0.550 e. The summed E-state index contributed by atoms with van der Waals surface area (Å²) in [5.41, 5.74) is 0. The molecule has 13 heavy (non-hydrogen) atoms. The Hall–Kier alpha value is -0.341. The van der Waals surface area contributed by atoms with Crippen molar-refractivity contribution in [3.8, 4) is 0 Å². The van der Waals surface area contributed by atoms with E-state index < -0.39 is 12.4 Å². The SMILES string of the molecule is CCC(=O)CC(=O)[O-].[CH2-]CCC.[Fe+2]. The zero-order valence-corrected chi connectivity index (χ0v) is 9.22. The molecule has 0 unspecified atom stereocenters. The van der Waals surface area contributed by atoms with Crippen LogP contribution in [0.3, 0.4) is 0 Å². The van der Waals surface area contributed by atoms with E-state index in [0.29, 0.717) is 0 Å². The van der Waals surface area contributed by atoms with Crippen LogP contribution >= 0.6 is 0 Å². The molecule has 0 fully saturated rings. The molecule has 0 atom stereocenters. The van der Waals surface area contributed by atoms with Crippen LogP contribution in [0.5, 0.6) is 0 Å². The monoisotopic (exact) mass is 228 g/mol. The van der Waals surface area contributed by atoms with Crippen LogP contribution in [0.15, 0.2) is 0 Å². The molecule has 0 saturated carbocycles. The number of Topliss-reactive ketones (excluding diaryl/α,β-unsaturated/α-hetero) is 1. The van der Waals surface area contributed by atoms with Crippen molar-refractivity contribution in [2.45, 2.75) is 39.5 Å². The molecule has 0 aromatic carbocycles. The number of rotatable bonds is 4. The van der Waals surface area contributed by atoms with E-state index in [4.69, 9.17) is 0 Å². The van der Waals surface area contributed by atoms with E-state index >= 15 is 0 Å². The maximum atomic E-state index is 10.2. The number of carboxylic acid groups (broad SMARTS) is 1. The summed E-state index contributed by atoms with van der Waals surface area (Å²) in [5, 5.41) is 9.64. The van der Waals surface area contributed by atoms with Gasteiger partial charge in [0.1, 0.15) is 5.78 Å². The van der Waals surface area contributed by atoms with Crippen LogP contribution in [-0.2, 0) is 26.7 Å². The van der Waals surface area contributed by atoms with Crippen molar-refractivity contribution in [1.29, 1.82) is 0 Å². The van der Waals surface area contributed by atoms with Crippen molar-refractivity contribution in [1.82, 2.24) is 0 Å². The van der Waals surface area contributed by atoms with E-state index in [0.717, 1.165) is 6.42 Å². The summed E-state index contributed by atoms with van der Waals surface area (Å²) in [6, 6.07) is 0. The van der Waals surface area contributed by atoms with E-state index in [1.807, 2.05) is 0 Å². The average Bonchev–Trinajstić information content (AvgIpc) is 2.04. The zero-order chi connectivity index (χ0) is 9.98. The Labute approximate surface area is 90.4 Å². The first kappa shape index (κ1) is 18.4. The molecule has 0 heterocycles. The van der Waals surface area contributed by atoms with Gasteiger partial charge in [-0.15, -0.1) is 0 Å². The quantitative estimate of drug-likeness (QED) is 0.404. The number of carbonyl (C=O) groups excluding carboxylic acids is 2. The largest absolute Gasteiger partial charge is 2.00 e. The van der Waals surface area contributed by atoms with E-state index in [-0.39, 0.29) is 29.3 Å². The number of hydrogen-bond donors (Lipinski definition) is 0. The normalized spacial score (nSPS) is 7.62. The summed E-state index contributed by atoms with van der Waals surface area (Å²) < 4.78 is 0. The van der Waals surface area contributed by atoms with Gasteiger partial charge in [-0.2, -0.15) is 6.42 Å². The van der Waals surface area contributed by atoms with Gasteiger partial charge in [-0.3, -0.25) is 4.79 Å². The average molecular weight is 228 g/mol. The molecule has 4 heteroatoms. The van der Waals surface area contributed by atoms with E-state index in [9.17, 15) is 14.7 Å². The topological polar surface area (TPSA) is 57.2 Å². The Bertz CT molecular complexity index is 133. The Balaban J connectivity index is -0.000000173. The standard InChI is InChI=1S/C5H8O3.C4H9.Fe/c1-2-4(6)3-5(7)8;1-3-4-2;/h2-3H2,1H3,(H,7,8);1,3-4H2,2H3;/q;-1;+2/p-1. The van der Waals surface area contributed by atoms with Crippen LogP contribution in [0.1, 0.15) is 39.5 Å². The maximum Gasteiger partial charge on any atom is 2.00 e. The fraction of sp³-hybridized carbons (Fsp3) is 0.667.